The molecule has 1 aliphatic rings. The van der Waals surface area contributed by atoms with Crippen molar-refractivity contribution in [3.63, 3.8) is 0 Å². The van der Waals surface area contributed by atoms with Crippen LogP contribution in [0.25, 0.3) is 0 Å². The average Bonchev–Trinajstić information content (AvgIpc) is 2.87. The number of alkyl halides is 3. The molecule has 2 aromatic rings. The molecule has 2 N–H and O–H groups in total. The van der Waals surface area contributed by atoms with Gasteiger partial charge in [0.15, 0.2) is 0 Å². The van der Waals surface area contributed by atoms with E-state index in [2.05, 4.69) is 16.6 Å². The van der Waals surface area contributed by atoms with Crippen LogP contribution in [0.15, 0.2) is 49.1 Å². The second kappa shape index (κ2) is 10.6. The fourth-order valence-electron chi connectivity index (χ4n) is 4.02. The molecule has 0 saturated heterocycles. The molecule has 0 fully saturated rings. The lowest BCUT2D eigenvalue weighted by Crippen LogP contribution is -2.50. The molecule has 2 atom stereocenters. The Labute approximate surface area is 222 Å². The lowest BCUT2D eigenvalue weighted by molar-refractivity contribution is -0.131. The van der Waals surface area contributed by atoms with E-state index in [4.69, 9.17) is 4.74 Å². The minimum Gasteiger partial charge on any atom is -0.478 e. The number of hydrogen-bond donors (Lipinski definition) is 2. The van der Waals surface area contributed by atoms with Crippen molar-refractivity contribution >= 4 is 23.7 Å². The van der Waals surface area contributed by atoms with E-state index in [1.807, 2.05) is 0 Å². The van der Waals surface area contributed by atoms with Crippen LogP contribution >= 0.6 is 0 Å². The van der Waals surface area contributed by atoms with Crippen molar-refractivity contribution in [2.75, 3.05) is 4.90 Å². The Kier molecular flexibility index (Phi) is 8.00. The zero-order chi connectivity index (χ0) is 29.3. The van der Waals surface area contributed by atoms with Crippen LogP contribution in [0.4, 0.5) is 28.0 Å². The van der Waals surface area contributed by atoms with Gasteiger partial charge < -0.3 is 24.8 Å². The summed E-state index contributed by atoms with van der Waals surface area (Å²) in [6, 6.07) is 5.22. The number of carbonyl (C=O) groups excluding carboxylic acids is 2. The molecule has 3 rings (SSSR count). The molecule has 0 radical (unpaired) electrons. The van der Waals surface area contributed by atoms with E-state index >= 15 is 4.39 Å². The van der Waals surface area contributed by atoms with Gasteiger partial charge in [0.2, 0.25) is 5.91 Å². The maximum atomic E-state index is 16.0. The van der Waals surface area contributed by atoms with Gasteiger partial charge in [0, 0.05) is 18.1 Å². The Bertz CT molecular complexity index is 1290. The van der Waals surface area contributed by atoms with Crippen molar-refractivity contribution in [3.8, 4) is 5.75 Å². The number of nitrogens with one attached hydrogen (secondary N) is 1. The number of rotatable bonds is 7. The van der Waals surface area contributed by atoms with Crippen LogP contribution < -0.4 is 15.0 Å². The highest BCUT2D eigenvalue weighted by atomic mass is 19.3. The van der Waals surface area contributed by atoms with Crippen molar-refractivity contribution in [2.24, 2.45) is 0 Å². The molecule has 12 heteroatoms. The Balaban J connectivity index is 2.06. The third kappa shape index (κ3) is 7.06. The number of aromatic carboxylic acids is 1. The average molecular weight is 553 g/mol. The number of alkyl carbamates (subject to hydrolysis) is 1. The highest BCUT2D eigenvalue weighted by Gasteiger charge is 2.44. The van der Waals surface area contributed by atoms with Crippen LogP contribution in [-0.4, -0.2) is 40.8 Å². The SMILES string of the molecule is C=CC(F)(F)Oc1ccc(CN2C(=O)C(NC(=O)OC(C)(C)C)CC(C)(F)c3cc(F)c(C(=O)O)cc32)cc1. The van der Waals surface area contributed by atoms with E-state index in [-0.39, 0.29) is 23.5 Å². The molecule has 8 nitrogen and oxygen atoms in total. The summed E-state index contributed by atoms with van der Waals surface area (Å²) in [4.78, 5) is 38.8. The number of carbonyl (C=O) groups is 3. The Hall–Kier alpha value is -4.09. The van der Waals surface area contributed by atoms with Crippen LogP contribution in [0.5, 0.6) is 5.75 Å². The van der Waals surface area contributed by atoms with Crippen molar-refractivity contribution in [1.82, 2.24) is 5.32 Å². The van der Waals surface area contributed by atoms with Gasteiger partial charge in [-0.05, 0) is 57.5 Å². The summed E-state index contributed by atoms with van der Waals surface area (Å²) in [6.07, 6.45) is -4.91. The maximum absolute atomic E-state index is 16.0. The zero-order valence-corrected chi connectivity index (χ0v) is 21.7. The van der Waals surface area contributed by atoms with Gasteiger partial charge in [0.1, 0.15) is 28.9 Å². The second-order valence-electron chi connectivity index (χ2n) is 10.2. The molecule has 1 aliphatic heterocycles. The number of halogens is 4. The summed E-state index contributed by atoms with van der Waals surface area (Å²) in [5.74, 6) is -3.88. The van der Waals surface area contributed by atoms with E-state index in [1.165, 1.54) is 24.3 Å². The lowest BCUT2D eigenvalue weighted by atomic mass is 9.90. The largest absolute Gasteiger partial charge is 0.478 e. The number of carboxylic acids is 1. The molecule has 2 aromatic carbocycles. The molecule has 39 heavy (non-hydrogen) atoms. The number of carboxylic acid groups (broad SMARTS) is 1. The van der Waals surface area contributed by atoms with Crippen molar-refractivity contribution in [3.05, 3.63) is 71.6 Å². The first-order valence-corrected chi connectivity index (χ1v) is 11.8. The third-order valence-electron chi connectivity index (χ3n) is 5.77. The predicted octanol–water partition coefficient (Wildman–Crippen LogP) is 5.70. The smallest absolute Gasteiger partial charge is 0.419 e. The predicted molar refractivity (Wildman–Crippen MR) is 133 cm³/mol. The summed E-state index contributed by atoms with van der Waals surface area (Å²) >= 11 is 0. The van der Waals surface area contributed by atoms with E-state index < -0.39 is 59.2 Å². The molecule has 2 unspecified atom stereocenters. The van der Waals surface area contributed by atoms with E-state index in [9.17, 15) is 32.7 Å². The molecule has 1 heterocycles. The zero-order valence-electron chi connectivity index (χ0n) is 21.7. The van der Waals surface area contributed by atoms with Gasteiger partial charge >= 0.3 is 18.2 Å². The van der Waals surface area contributed by atoms with Crippen molar-refractivity contribution in [1.29, 1.82) is 0 Å². The van der Waals surface area contributed by atoms with Gasteiger partial charge in [-0.1, -0.05) is 18.7 Å². The number of anilines is 1. The Morgan fingerprint density at radius 2 is 1.85 bits per heavy atom. The van der Waals surface area contributed by atoms with Crippen LogP contribution in [-0.2, 0) is 21.7 Å². The van der Waals surface area contributed by atoms with Crippen LogP contribution in [0.2, 0.25) is 0 Å². The highest BCUT2D eigenvalue weighted by Crippen LogP contribution is 2.42. The van der Waals surface area contributed by atoms with Gasteiger partial charge in [-0.2, -0.15) is 8.78 Å². The van der Waals surface area contributed by atoms with Gasteiger partial charge in [0.05, 0.1) is 17.8 Å². The van der Waals surface area contributed by atoms with E-state index in [0.29, 0.717) is 17.7 Å². The number of fused-ring (bicyclic) bond motifs is 1. The van der Waals surface area contributed by atoms with E-state index in [0.717, 1.165) is 17.9 Å². The summed E-state index contributed by atoms with van der Waals surface area (Å²) in [7, 11) is 0. The summed E-state index contributed by atoms with van der Waals surface area (Å²) in [5, 5.41) is 11.8. The van der Waals surface area contributed by atoms with Crippen LogP contribution in [0.3, 0.4) is 0 Å². The minimum atomic E-state index is -3.62. The van der Waals surface area contributed by atoms with Crippen LogP contribution in [0, 0.1) is 5.82 Å². The van der Waals surface area contributed by atoms with Gasteiger partial charge in [-0.25, -0.2) is 18.4 Å². The molecular weight excluding hydrogens is 524 g/mol. The molecule has 0 bridgehead atoms. The minimum absolute atomic E-state index is 0.206. The molecule has 0 spiro atoms. The lowest BCUT2D eigenvalue weighted by Gasteiger charge is -2.27. The normalized spacial score (nSPS) is 19.5. The fourth-order valence-corrected chi connectivity index (χ4v) is 4.02. The number of benzene rings is 2. The third-order valence-corrected chi connectivity index (χ3v) is 5.77. The number of nitrogens with zero attached hydrogens (tertiary/aromatic N) is 1. The fraction of sp³-hybridized carbons (Fsp3) is 0.370. The molecule has 0 aliphatic carbocycles. The van der Waals surface area contributed by atoms with Crippen LogP contribution in [0.1, 0.15) is 55.6 Å². The molecule has 0 aromatic heterocycles. The van der Waals surface area contributed by atoms with Gasteiger partial charge in [-0.15, -0.1) is 0 Å². The number of ether oxygens (including phenoxy) is 2. The topological polar surface area (TPSA) is 105 Å². The van der Waals surface area contributed by atoms with Crippen molar-refractivity contribution < 1.29 is 46.5 Å². The van der Waals surface area contributed by atoms with Gasteiger partial charge in [-0.3, -0.25) is 4.79 Å². The summed E-state index contributed by atoms with van der Waals surface area (Å²) in [6.45, 7) is 8.55. The Morgan fingerprint density at radius 3 is 2.38 bits per heavy atom. The monoisotopic (exact) mass is 552 g/mol. The second-order valence-corrected chi connectivity index (χ2v) is 10.2. The van der Waals surface area contributed by atoms with Gasteiger partial charge in [0.25, 0.3) is 0 Å². The van der Waals surface area contributed by atoms with Crippen molar-refractivity contribution in [2.45, 2.75) is 64.1 Å². The first-order chi connectivity index (χ1) is 17.9. The summed E-state index contributed by atoms with van der Waals surface area (Å²) < 4.78 is 67.3. The molecular formula is C27H28F4N2O6. The first kappa shape index (κ1) is 29.5. The Morgan fingerprint density at radius 1 is 1.23 bits per heavy atom. The number of amides is 2. The highest BCUT2D eigenvalue weighted by molar-refractivity contribution is 6.01. The maximum Gasteiger partial charge on any atom is 0.419 e. The quantitative estimate of drug-likeness (QED) is 0.338. The first-order valence-electron chi connectivity index (χ1n) is 11.8. The molecule has 2 amide bonds. The standard InChI is InChI=1S/C27H28F4N2O6/c1-6-27(30,31)38-16-9-7-15(8-10-16)14-33-21-11-17(23(35)36)19(28)12-18(21)26(5,29)13-20(22(33)34)32-24(37)39-25(2,3)4/h6-12,20H,1,13-14H2,2-5H3,(H,32,37)(H,35,36). The summed E-state index contributed by atoms with van der Waals surface area (Å²) in [5.41, 5.74) is -4.29. The molecule has 210 valence electrons. The van der Waals surface area contributed by atoms with E-state index in [1.54, 1.807) is 20.8 Å². The molecule has 0 saturated carbocycles. The number of hydrogen-bond acceptors (Lipinski definition) is 5.